The number of carbonyl (C=O) groups is 2. The van der Waals surface area contributed by atoms with Crippen LogP contribution in [0.1, 0.15) is 26.4 Å². The predicted molar refractivity (Wildman–Crippen MR) is 143 cm³/mol. The van der Waals surface area contributed by atoms with Gasteiger partial charge in [-0.3, -0.25) is 14.9 Å². The molecule has 0 fully saturated rings. The second kappa shape index (κ2) is 10.6. The largest absolute Gasteiger partial charge is 0.422 e. The summed E-state index contributed by atoms with van der Waals surface area (Å²) in [6.07, 6.45) is 1.38. The molecule has 0 aliphatic carbocycles. The van der Waals surface area contributed by atoms with Crippen molar-refractivity contribution in [2.75, 3.05) is 0 Å². The van der Waals surface area contributed by atoms with Crippen molar-refractivity contribution in [2.24, 2.45) is 5.10 Å². The smallest absolute Gasteiger partial charge is 0.343 e. The second-order valence-electron chi connectivity index (χ2n) is 8.22. The SMILES string of the molecule is O=C(Oc1ccccc1C=NNC(=O)c1[nH]c2ccccc2c1-c1ccccc1)c1ccc([N+](=O)[O-])cc1. The minimum absolute atomic E-state index is 0.129. The first-order valence-electron chi connectivity index (χ1n) is 11.6. The van der Waals surface area contributed by atoms with Gasteiger partial charge in [-0.15, -0.1) is 0 Å². The Balaban J connectivity index is 1.35. The van der Waals surface area contributed by atoms with E-state index in [2.05, 4.69) is 15.5 Å². The number of non-ortho nitro benzene ring substituents is 1. The summed E-state index contributed by atoms with van der Waals surface area (Å²) in [5, 5.41) is 15.8. The summed E-state index contributed by atoms with van der Waals surface area (Å²) in [7, 11) is 0. The third-order valence-electron chi connectivity index (χ3n) is 5.80. The molecule has 9 nitrogen and oxygen atoms in total. The lowest BCUT2D eigenvalue weighted by Crippen LogP contribution is -2.19. The molecule has 1 heterocycles. The number of fused-ring (bicyclic) bond motifs is 1. The van der Waals surface area contributed by atoms with E-state index >= 15 is 0 Å². The molecule has 0 saturated heterocycles. The number of nitrogens with one attached hydrogen (secondary N) is 2. The number of hydrazone groups is 1. The van der Waals surface area contributed by atoms with Crippen LogP contribution in [-0.4, -0.2) is 28.0 Å². The van der Waals surface area contributed by atoms with Crippen LogP contribution in [0.4, 0.5) is 5.69 Å². The fraction of sp³-hybridized carbons (Fsp3) is 0. The van der Waals surface area contributed by atoms with Gasteiger partial charge < -0.3 is 9.72 Å². The Morgan fingerprint density at radius 2 is 1.55 bits per heavy atom. The van der Waals surface area contributed by atoms with Crippen molar-refractivity contribution in [3.8, 4) is 16.9 Å². The molecule has 38 heavy (non-hydrogen) atoms. The molecule has 0 atom stereocenters. The minimum Gasteiger partial charge on any atom is -0.422 e. The van der Waals surface area contributed by atoms with Gasteiger partial charge in [0.2, 0.25) is 0 Å². The molecule has 9 heteroatoms. The van der Waals surface area contributed by atoms with Crippen LogP contribution in [0, 0.1) is 10.1 Å². The number of nitro benzene ring substituents is 1. The average Bonchev–Trinajstić information content (AvgIpc) is 3.34. The number of amides is 1. The summed E-state index contributed by atoms with van der Waals surface area (Å²) in [5.41, 5.74) is 5.87. The minimum atomic E-state index is -0.685. The summed E-state index contributed by atoms with van der Waals surface area (Å²) in [4.78, 5) is 39.2. The highest BCUT2D eigenvalue weighted by atomic mass is 16.6. The van der Waals surface area contributed by atoms with Gasteiger partial charge in [0, 0.05) is 34.2 Å². The molecule has 186 valence electrons. The summed E-state index contributed by atoms with van der Waals surface area (Å²) in [6, 6.07) is 29.0. The molecule has 0 unspecified atom stereocenters. The average molecular weight is 505 g/mol. The van der Waals surface area contributed by atoms with E-state index < -0.39 is 16.8 Å². The maximum atomic E-state index is 13.1. The number of nitro groups is 1. The van der Waals surface area contributed by atoms with Gasteiger partial charge in [-0.25, -0.2) is 10.2 Å². The lowest BCUT2D eigenvalue weighted by Gasteiger charge is -2.07. The fourth-order valence-electron chi connectivity index (χ4n) is 3.99. The van der Waals surface area contributed by atoms with Crippen molar-refractivity contribution in [1.82, 2.24) is 10.4 Å². The molecule has 0 aliphatic rings. The van der Waals surface area contributed by atoms with Gasteiger partial charge in [0.05, 0.1) is 16.7 Å². The number of benzene rings is 4. The molecular weight excluding hydrogens is 484 g/mol. The van der Waals surface area contributed by atoms with Crippen molar-refractivity contribution in [1.29, 1.82) is 0 Å². The van der Waals surface area contributed by atoms with E-state index in [0.29, 0.717) is 11.3 Å². The Kier molecular flexibility index (Phi) is 6.73. The van der Waals surface area contributed by atoms with E-state index in [-0.39, 0.29) is 17.0 Å². The molecule has 1 aromatic heterocycles. The molecule has 0 bridgehead atoms. The van der Waals surface area contributed by atoms with Crippen LogP contribution in [0.5, 0.6) is 5.75 Å². The Labute approximate surface area is 216 Å². The standard InChI is InChI=1S/C29H20N4O5/c34-28(27-26(19-8-2-1-3-9-19)23-11-5-6-12-24(23)31-27)32-30-18-21-10-4-7-13-25(21)38-29(35)20-14-16-22(17-15-20)33(36)37/h1-18,31H,(H,32,34). The molecule has 0 radical (unpaired) electrons. The molecule has 1 amide bonds. The van der Waals surface area contributed by atoms with E-state index in [4.69, 9.17) is 4.74 Å². The number of nitrogens with zero attached hydrogens (tertiary/aromatic N) is 2. The van der Waals surface area contributed by atoms with Crippen molar-refractivity contribution < 1.29 is 19.2 Å². The molecule has 5 aromatic rings. The highest BCUT2D eigenvalue weighted by Gasteiger charge is 2.19. The van der Waals surface area contributed by atoms with Crippen LogP contribution in [0.25, 0.3) is 22.0 Å². The third-order valence-corrected chi connectivity index (χ3v) is 5.80. The maximum Gasteiger partial charge on any atom is 0.343 e. The van der Waals surface area contributed by atoms with Gasteiger partial charge in [0.1, 0.15) is 11.4 Å². The number of aromatic amines is 1. The lowest BCUT2D eigenvalue weighted by atomic mass is 10.0. The zero-order valence-electron chi connectivity index (χ0n) is 19.8. The van der Waals surface area contributed by atoms with E-state index in [1.807, 2.05) is 54.6 Å². The van der Waals surface area contributed by atoms with E-state index in [9.17, 15) is 19.7 Å². The summed E-state index contributed by atoms with van der Waals surface area (Å²) >= 11 is 0. The number of esters is 1. The molecule has 0 spiro atoms. The van der Waals surface area contributed by atoms with Gasteiger partial charge >= 0.3 is 5.97 Å². The first kappa shape index (κ1) is 24.1. The zero-order valence-corrected chi connectivity index (χ0v) is 19.8. The number of para-hydroxylation sites is 2. The van der Waals surface area contributed by atoms with E-state index in [1.165, 1.54) is 30.5 Å². The van der Waals surface area contributed by atoms with Crippen LogP contribution in [0.2, 0.25) is 0 Å². The Bertz CT molecular complexity index is 1670. The highest BCUT2D eigenvalue weighted by molar-refractivity contribution is 6.09. The fourth-order valence-corrected chi connectivity index (χ4v) is 3.99. The molecule has 0 aliphatic heterocycles. The van der Waals surface area contributed by atoms with Crippen LogP contribution in [-0.2, 0) is 0 Å². The van der Waals surface area contributed by atoms with Crippen LogP contribution >= 0.6 is 0 Å². The number of hydrogen-bond donors (Lipinski definition) is 2. The second-order valence-corrected chi connectivity index (χ2v) is 8.22. The molecule has 4 aromatic carbocycles. The quantitative estimate of drug-likeness (QED) is 0.0963. The number of rotatable bonds is 7. The van der Waals surface area contributed by atoms with Crippen molar-refractivity contribution in [2.45, 2.75) is 0 Å². The predicted octanol–water partition coefficient (Wildman–Crippen LogP) is 5.73. The molecule has 2 N–H and O–H groups in total. The van der Waals surface area contributed by atoms with Gasteiger partial charge in [-0.05, 0) is 35.9 Å². The van der Waals surface area contributed by atoms with E-state index in [0.717, 1.165) is 22.0 Å². The zero-order chi connectivity index (χ0) is 26.5. The number of carbonyl (C=O) groups excluding carboxylic acids is 2. The number of ether oxygens (including phenoxy) is 1. The first-order valence-corrected chi connectivity index (χ1v) is 11.6. The topological polar surface area (TPSA) is 127 Å². The highest BCUT2D eigenvalue weighted by Crippen LogP contribution is 2.32. The Morgan fingerprint density at radius 1 is 0.868 bits per heavy atom. The maximum absolute atomic E-state index is 13.1. The Hall–Kier alpha value is -5.57. The summed E-state index contributed by atoms with van der Waals surface area (Å²) < 4.78 is 5.47. The van der Waals surface area contributed by atoms with Crippen LogP contribution in [0.3, 0.4) is 0 Å². The van der Waals surface area contributed by atoms with Gasteiger partial charge in [-0.1, -0.05) is 60.7 Å². The first-order chi connectivity index (χ1) is 18.5. The third kappa shape index (κ3) is 5.02. The van der Waals surface area contributed by atoms with Crippen molar-refractivity contribution >= 4 is 34.7 Å². The van der Waals surface area contributed by atoms with Gasteiger partial charge in [0.15, 0.2) is 0 Å². The van der Waals surface area contributed by atoms with Gasteiger partial charge in [-0.2, -0.15) is 5.10 Å². The Morgan fingerprint density at radius 3 is 2.32 bits per heavy atom. The van der Waals surface area contributed by atoms with Crippen molar-refractivity contribution in [3.05, 3.63) is 130 Å². The summed E-state index contributed by atoms with van der Waals surface area (Å²) in [6.45, 7) is 0. The van der Waals surface area contributed by atoms with Gasteiger partial charge in [0.25, 0.3) is 11.6 Å². The lowest BCUT2D eigenvalue weighted by molar-refractivity contribution is -0.384. The van der Waals surface area contributed by atoms with Crippen LogP contribution < -0.4 is 10.2 Å². The van der Waals surface area contributed by atoms with Crippen molar-refractivity contribution in [3.63, 3.8) is 0 Å². The normalized spacial score (nSPS) is 10.9. The van der Waals surface area contributed by atoms with Crippen LogP contribution in [0.15, 0.2) is 108 Å². The van der Waals surface area contributed by atoms with E-state index in [1.54, 1.807) is 24.3 Å². The number of hydrogen-bond acceptors (Lipinski definition) is 6. The molecular formula is C29H20N4O5. The summed E-state index contributed by atoms with van der Waals surface area (Å²) in [5.74, 6) is -0.906. The molecule has 5 rings (SSSR count). The number of aromatic nitrogens is 1. The number of H-pyrrole nitrogens is 1. The molecule has 0 saturated carbocycles. The monoisotopic (exact) mass is 504 g/mol.